The van der Waals surface area contributed by atoms with Crippen molar-refractivity contribution in [1.82, 2.24) is 5.32 Å². The number of carbonyl (C=O) groups excluding carboxylic acids is 2. The number of primary amides is 1. The molecule has 1 atom stereocenters. The molecular formula is C11H10Cl2N2O4. The molecule has 6 nitrogen and oxygen atoms in total. The normalized spacial score (nSPS) is 11.7. The molecule has 4 N–H and O–H groups in total. The lowest BCUT2D eigenvalue weighted by atomic mass is 10.1. The van der Waals surface area contributed by atoms with Crippen molar-refractivity contribution in [2.24, 2.45) is 5.73 Å². The van der Waals surface area contributed by atoms with Crippen molar-refractivity contribution in [3.8, 4) is 0 Å². The van der Waals surface area contributed by atoms with Gasteiger partial charge in [-0.15, -0.1) is 0 Å². The Bertz CT molecular complexity index is 533. The summed E-state index contributed by atoms with van der Waals surface area (Å²) in [5.74, 6) is -2.87. The maximum absolute atomic E-state index is 11.8. The van der Waals surface area contributed by atoms with Gasteiger partial charge in [0.05, 0.1) is 16.5 Å². The Morgan fingerprint density at radius 2 is 1.89 bits per heavy atom. The van der Waals surface area contributed by atoms with E-state index in [0.717, 1.165) is 0 Å². The third-order valence-electron chi connectivity index (χ3n) is 2.19. The maximum Gasteiger partial charge on any atom is 0.326 e. The molecule has 0 aliphatic rings. The fourth-order valence-electron chi connectivity index (χ4n) is 1.28. The minimum absolute atomic E-state index is 0.130. The second-order valence-corrected chi connectivity index (χ2v) is 4.48. The van der Waals surface area contributed by atoms with Crippen molar-refractivity contribution in [2.45, 2.75) is 12.5 Å². The van der Waals surface area contributed by atoms with E-state index in [4.69, 9.17) is 34.0 Å². The Morgan fingerprint density at radius 3 is 2.37 bits per heavy atom. The summed E-state index contributed by atoms with van der Waals surface area (Å²) in [5, 5.41) is 11.4. The molecular weight excluding hydrogens is 295 g/mol. The van der Waals surface area contributed by atoms with Crippen molar-refractivity contribution in [3.63, 3.8) is 0 Å². The molecule has 1 aromatic rings. The lowest BCUT2D eigenvalue weighted by Crippen LogP contribution is -2.43. The zero-order chi connectivity index (χ0) is 14.6. The smallest absolute Gasteiger partial charge is 0.326 e. The second kappa shape index (κ2) is 6.40. The van der Waals surface area contributed by atoms with E-state index in [1.807, 2.05) is 0 Å². The van der Waals surface area contributed by atoms with E-state index in [9.17, 15) is 14.4 Å². The van der Waals surface area contributed by atoms with Crippen molar-refractivity contribution in [1.29, 1.82) is 0 Å². The molecule has 0 fully saturated rings. The molecule has 1 rings (SSSR count). The van der Waals surface area contributed by atoms with Crippen LogP contribution in [0.2, 0.25) is 10.0 Å². The number of halogens is 2. The number of benzene rings is 1. The molecule has 102 valence electrons. The summed E-state index contributed by atoms with van der Waals surface area (Å²) in [6.45, 7) is 0. The third-order valence-corrected chi connectivity index (χ3v) is 2.93. The molecule has 8 heteroatoms. The van der Waals surface area contributed by atoms with E-state index in [1.54, 1.807) is 0 Å². The Kier molecular flexibility index (Phi) is 5.14. The predicted octanol–water partition coefficient (Wildman–Crippen LogP) is 1.05. The first-order valence-corrected chi connectivity index (χ1v) is 5.84. The van der Waals surface area contributed by atoms with Crippen LogP contribution in [0.25, 0.3) is 0 Å². The largest absolute Gasteiger partial charge is 0.480 e. The van der Waals surface area contributed by atoms with Gasteiger partial charge < -0.3 is 16.2 Å². The van der Waals surface area contributed by atoms with E-state index in [-0.39, 0.29) is 15.6 Å². The molecule has 19 heavy (non-hydrogen) atoms. The summed E-state index contributed by atoms with van der Waals surface area (Å²) in [7, 11) is 0. The molecule has 0 unspecified atom stereocenters. The average molecular weight is 305 g/mol. The average Bonchev–Trinajstić information content (AvgIpc) is 2.31. The number of nitrogens with one attached hydrogen (secondary N) is 1. The van der Waals surface area contributed by atoms with Crippen LogP contribution in [0.3, 0.4) is 0 Å². The number of rotatable bonds is 5. The molecule has 0 radical (unpaired) electrons. The second-order valence-electron chi connectivity index (χ2n) is 3.66. The molecule has 2 amide bonds. The summed E-state index contributed by atoms with van der Waals surface area (Å²) in [5.41, 5.74) is 5.03. The first kappa shape index (κ1) is 15.3. The lowest BCUT2D eigenvalue weighted by Gasteiger charge is -2.13. The van der Waals surface area contributed by atoms with Gasteiger partial charge in [0.15, 0.2) is 0 Å². The number of carbonyl (C=O) groups is 3. The molecule has 0 saturated carbocycles. The van der Waals surface area contributed by atoms with Gasteiger partial charge in [0.1, 0.15) is 6.04 Å². The van der Waals surface area contributed by atoms with Crippen molar-refractivity contribution in [3.05, 3.63) is 33.8 Å². The predicted molar refractivity (Wildman–Crippen MR) is 69.2 cm³/mol. The molecule has 0 saturated heterocycles. The number of amides is 2. The highest BCUT2D eigenvalue weighted by molar-refractivity contribution is 6.42. The number of carboxylic acid groups (broad SMARTS) is 1. The zero-order valence-electron chi connectivity index (χ0n) is 9.52. The van der Waals surface area contributed by atoms with Gasteiger partial charge in [0, 0.05) is 5.56 Å². The van der Waals surface area contributed by atoms with Crippen LogP contribution in [0.5, 0.6) is 0 Å². The topological polar surface area (TPSA) is 109 Å². The Hall–Kier alpha value is -1.79. The molecule has 0 spiro atoms. The van der Waals surface area contributed by atoms with Gasteiger partial charge in [-0.2, -0.15) is 0 Å². The van der Waals surface area contributed by atoms with E-state index in [0.29, 0.717) is 0 Å². The fourth-order valence-corrected chi connectivity index (χ4v) is 1.58. The Morgan fingerprint density at radius 1 is 1.26 bits per heavy atom. The Labute approximate surface area is 118 Å². The van der Waals surface area contributed by atoms with Gasteiger partial charge in [-0.1, -0.05) is 23.2 Å². The maximum atomic E-state index is 11.8. The van der Waals surface area contributed by atoms with Crippen molar-refractivity contribution < 1.29 is 19.5 Å². The molecule has 0 aromatic heterocycles. The molecule has 0 bridgehead atoms. The van der Waals surface area contributed by atoms with Crippen LogP contribution in [0, 0.1) is 0 Å². The molecule has 1 aromatic carbocycles. The number of aliphatic carboxylic acids is 1. The Balaban J connectivity index is 2.84. The van der Waals surface area contributed by atoms with Crippen LogP contribution < -0.4 is 11.1 Å². The quantitative estimate of drug-likeness (QED) is 0.755. The monoisotopic (exact) mass is 304 g/mol. The number of carboxylic acids is 1. The zero-order valence-corrected chi connectivity index (χ0v) is 11.0. The third kappa shape index (κ3) is 4.42. The van der Waals surface area contributed by atoms with Crippen LogP contribution in [0.1, 0.15) is 16.8 Å². The fraction of sp³-hybridized carbons (Fsp3) is 0.182. The first-order valence-electron chi connectivity index (χ1n) is 5.08. The van der Waals surface area contributed by atoms with Crippen LogP contribution in [-0.4, -0.2) is 28.9 Å². The standard InChI is InChI=1S/C11H10Cl2N2O4/c12-6-2-1-5(3-7(6)13)10(17)15-8(11(18)19)4-9(14)16/h1-3,8H,4H2,(H2,14,16)(H,15,17)(H,18,19)/t8-/m1/s1. The highest BCUT2D eigenvalue weighted by atomic mass is 35.5. The molecule has 0 heterocycles. The summed E-state index contributed by atoms with van der Waals surface area (Å²) in [6.07, 6.45) is -0.498. The molecule has 0 aliphatic carbocycles. The summed E-state index contributed by atoms with van der Waals surface area (Å²) in [4.78, 5) is 33.3. The molecule has 0 aliphatic heterocycles. The van der Waals surface area contributed by atoms with Gasteiger partial charge in [-0.05, 0) is 18.2 Å². The van der Waals surface area contributed by atoms with E-state index in [1.165, 1.54) is 18.2 Å². The van der Waals surface area contributed by atoms with Gasteiger partial charge >= 0.3 is 5.97 Å². The summed E-state index contributed by atoms with van der Waals surface area (Å²) in [6, 6.07) is 2.69. The van der Waals surface area contributed by atoms with Crippen molar-refractivity contribution in [2.75, 3.05) is 0 Å². The van der Waals surface area contributed by atoms with Crippen LogP contribution in [0.4, 0.5) is 0 Å². The minimum Gasteiger partial charge on any atom is -0.480 e. The summed E-state index contributed by atoms with van der Waals surface area (Å²) < 4.78 is 0. The van der Waals surface area contributed by atoms with Crippen LogP contribution in [0.15, 0.2) is 18.2 Å². The number of hydrogen-bond acceptors (Lipinski definition) is 3. The lowest BCUT2D eigenvalue weighted by molar-refractivity contribution is -0.140. The number of hydrogen-bond donors (Lipinski definition) is 3. The van der Waals surface area contributed by atoms with Crippen LogP contribution in [-0.2, 0) is 9.59 Å². The van der Waals surface area contributed by atoms with E-state index >= 15 is 0 Å². The highest BCUT2D eigenvalue weighted by Crippen LogP contribution is 2.22. The van der Waals surface area contributed by atoms with E-state index in [2.05, 4.69) is 5.32 Å². The van der Waals surface area contributed by atoms with Crippen LogP contribution >= 0.6 is 23.2 Å². The van der Waals surface area contributed by atoms with Gasteiger partial charge in [-0.25, -0.2) is 4.79 Å². The van der Waals surface area contributed by atoms with Crippen molar-refractivity contribution >= 4 is 41.0 Å². The summed E-state index contributed by atoms with van der Waals surface area (Å²) >= 11 is 11.4. The minimum atomic E-state index is -1.39. The van der Waals surface area contributed by atoms with E-state index < -0.39 is 30.2 Å². The SMILES string of the molecule is NC(=O)C[C@@H](NC(=O)c1ccc(Cl)c(Cl)c1)C(=O)O. The highest BCUT2D eigenvalue weighted by Gasteiger charge is 2.22. The van der Waals surface area contributed by atoms with Gasteiger partial charge in [-0.3, -0.25) is 9.59 Å². The van der Waals surface area contributed by atoms with Gasteiger partial charge in [0.25, 0.3) is 5.91 Å². The van der Waals surface area contributed by atoms with Gasteiger partial charge in [0.2, 0.25) is 5.91 Å². The first-order chi connectivity index (χ1) is 8.81. The number of nitrogens with two attached hydrogens (primary N) is 1.